The molecule has 0 heterocycles. The van der Waals surface area contributed by atoms with E-state index >= 15 is 0 Å². The van der Waals surface area contributed by atoms with Gasteiger partial charge < -0.3 is 10.1 Å². The van der Waals surface area contributed by atoms with Crippen LogP contribution in [0.25, 0.3) is 0 Å². The molecule has 0 aromatic heterocycles. The monoisotopic (exact) mass is 341 g/mol. The van der Waals surface area contributed by atoms with Gasteiger partial charge in [-0.3, -0.25) is 4.79 Å². The largest absolute Gasteiger partial charge is 0.497 e. The molecule has 0 spiro atoms. The fraction of sp³-hybridized carbons (Fsp3) is 0.562. The van der Waals surface area contributed by atoms with Gasteiger partial charge in [-0.25, -0.2) is 0 Å². The van der Waals surface area contributed by atoms with Crippen molar-refractivity contribution >= 4 is 21.8 Å². The third-order valence-electron chi connectivity index (χ3n) is 3.80. The highest BCUT2D eigenvalue weighted by atomic mass is 79.9. The first-order chi connectivity index (χ1) is 9.31. The van der Waals surface area contributed by atoms with E-state index in [0.717, 1.165) is 17.7 Å². The van der Waals surface area contributed by atoms with Crippen molar-refractivity contribution < 1.29 is 9.53 Å². The van der Waals surface area contributed by atoms with E-state index in [1.54, 1.807) is 7.11 Å². The molecule has 1 rings (SSSR count). The first kappa shape index (κ1) is 17.0. The summed E-state index contributed by atoms with van der Waals surface area (Å²) in [6.45, 7) is 8.25. The third kappa shape index (κ3) is 4.23. The van der Waals surface area contributed by atoms with Crippen molar-refractivity contribution in [2.75, 3.05) is 7.11 Å². The molecule has 0 aliphatic heterocycles. The highest BCUT2D eigenvalue weighted by Crippen LogP contribution is 2.31. The predicted molar refractivity (Wildman–Crippen MR) is 86.3 cm³/mol. The Balaban J connectivity index is 2.69. The summed E-state index contributed by atoms with van der Waals surface area (Å²) in [5, 5.41) is 3.05. The molecule has 0 fully saturated rings. The van der Waals surface area contributed by atoms with Crippen LogP contribution in [0, 0.1) is 5.41 Å². The zero-order valence-corrected chi connectivity index (χ0v) is 14.5. The zero-order valence-electron chi connectivity index (χ0n) is 12.9. The average molecular weight is 342 g/mol. The van der Waals surface area contributed by atoms with Gasteiger partial charge in [-0.05, 0) is 36.5 Å². The van der Waals surface area contributed by atoms with Crippen molar-refractivity contribution in [3.63, 3.8) is 0 Å². The lowest BCUT2D eigenvalue weighted by atomic mass is 9.86. The fourth-order valence-corrected chi connectivity index (χ4v) is 2.25. The van der Waals surface area contributed by atoms with Crippen molar-refractivity contribution in [3.05, 3.63) is 29.8 Å². The summed E-state index contributed by atoms with van der Waals surface area (Å²) in [4.78, 5) is 12.1. The summed E-state index contributed by atoms with van der Waals surface area (Å²) < 4.78 is 5.13. The summed E-state index contributed by atoms with van der Waals surface area (Å²) in [7, 11) is 1.64. The van der Waals surface area contributed by atoms with E-state index in [4.69, 9.17) is 4.74 Å². The highest BCUT2D eigenvalue weighted by molar-refractivity contribution is 9.10. The molecule has 2 atom stereocenters. The van der Waals surface area contributed by atoms with Gasteiger partial charge in [0.2, 0.25) is 5.91 Å². The molecule has 0 radical (unpaired) electrons. The first-order valence-electron chi connectivity index (χ1n) is 6.90. The Hall–Kier alpha value is -1.03. The molecule has 0 aliphatic carbocycles. The van der Waals surface area contributed by atoms with Crippen molar-refractivity contribution in [1.82, 2.24) is 5.32 Å². The van der Waals surface area contributed by atoms with Crippen LogP contribution in [0.4, 0.5) is 0 Å². The maximum Gasteiger partial charge on any atom is 0.234 e. The number of hydrogen-bond donors (Lipinski definition) is 1. The molecule has 0 saturated heterocycles. The number of ether oxygens (including phenoxy) is 1. The van der Waals surface area contributed by atoms with Crippen LogP contribution in [-0.2, 0) is 4.79 Å². The quantitative estimate of drug-likeness (QED) is 0.792. The van der Waals surface area contributed by atoms with Crippen LogP contribution in [0.2, 0.25) is 0 Å². The number of amides is 1. The van der Waals surface area contributed by atoms with Gasteiger partial charge >= 0.3 is 0 Å². The smallest absolute Gasteiger partial charge is 0.234 e. The van der Waals surface area contributed by atoms with Crippen LogP contribution >= 0.6 is 15.9 Å². The molecule has 20 heavy (non-hydrogen) atoms. The second-order valence-corrected chi connectivity index (χ2v) is 6.62. The Bertz CT molecular complexity index is 442. The minimum atomic E-state index is -0.194. The Morgan fingerprint density at radius 3 is 2.35 bits per heavy atom. The summed E-state index contributed by atoms with van der Waals surface area (Å²) in [5.74, 6) is 0.845. The van der Waals surface area contributed by atoms with Crippen LogP contribution in [0.15, 0.2) is 24.3 Å². The van der Waals surface area contributed by atoms with Crippen LogP contribution in [0.1, 0.15) is 45.7 Å². The van der Waals surface area contributed by atoms with Gasteiger partial charge in [-0.2, -0.15) is 0 Å². The maximum absolute atomic E-state index is 12.3. The number of carbonyl (C=O) groups is 1. The molecule has 0 aliphatic rings. The second-order valence-electron chi connectivity index (χ2n) is 5.71. The number of nitrogens with one attached hydrogen (secondary N) is 1. The minimum absolute atomic E-state index is 0.0267. The third-order valence-corrected chi connectivity index (χ3v) is 5.46. The zero-order chi connectivity index (χ0) is 15.3. The number of carbonyl (C=O) groups excluding carboxylic acids is 1. The molecule has 0 bridgehead atoms. The van der Waals surface area contributed by atoms with Gasteiger partial charge in [-0.1, -0.05) is 48.8 Å². The van der Waals surface area contributed by atoms with Crippen molar-refractivity contribution in [2.24, 2.45) is 5.41 Å². The van der Waals surface area contributed by atoms with Gasteiger partial charge in [0.1, 0.15) is 5.75 Å². The predicted octanol–water partition coefficient (Wildman–Crippen LogP) is 4.07. The van der Waals surface area contributed by atoms with Crippen molar-refractivity contribution in [2.45, 2.75) is 45.0 Å². The van der Waals surface area contributed by atoms with Gasteiger partial charge in [0.25, 0.3) is 0 Å². The van der Waals surface area contributed by atoms with E-state index in [-0.39, 0.29) is 22.2 Å². The lowest BCUT2D eigenvalue weighted by Gasteiger charge is -2.29. The van der Waals surface area contributed by atoms with E-state index in [0.29, 0.717) is 0 Å². The number of rotatable bonds is 6. The van der Waals surface area contributed by atoms with Crippen molar-refractivity contribution in [1.29, 1.82) is 0 Å². The number of methoxy groups -OCH3 is 1. The SMILES string of the molecule is CCC(C)(C)C(Br)C(=O)NC(C)c1ccc(OC)cc1. The molecule has 0 saturated carbocycles. The summed E-state index contributed by atoms with van der Waals surface area (Å²) in [5.41, 5.74) is 0.997. The van der Waals surface area contributed by atoms with E-state index < -0.39 is 0 Å². The van der Waals surface area contributed by atoms with Gasteiger partial charge in [0, 0.05) is 0 Å². The van der Waals surface area contributed by atoms with E-state index in [2.05, 4.69) is 42.0 Å². The molecular formula is C16H24BrNO2. The Labute approximate surface area is 130 Å². The lowest BCUT2D eigenvalue weighted by Crippen LogP contribution is -2.40. The Morgan fingerprint density at radius 2 is 1.90 bits per heavy atom. The maximum atomic E-state index is 12.3. The summed E-state index contributed by atoms with van der Waals surface area (Å²) in [6.07, 6.45) is 0.938. The molecule has 4 heteroatoms. The standard InChI is InChI=1S/C16H24BrNO2/c1-6-16(3,4)14(17)15(19)18-11(2)12-7-9-13(20-5)10-8-12/h7-11,14H,6H2,1-5H3,(H,18,19). The molecule has 1 aromatic carbocycles. The average Bonchev–Trinajstić information content (AvgIpc) is 2.46. The normalized spacial score (nSPS) is 14.5. The number of hydrogen-bond acceptors (Lipinski definition) is 2. The molecule has 1 aromatic rings. The van der Waals surface area contributed by atoms with E-state index in [9.17, 15) is 4.79 Å². The fourth-order valence-electron chi connectivity index (χ4n) is 1.80. The van der Waals surface area contributed by atoms with E-state index in [1.807, 2.05) is 31.2 Å². The van der Waals surface area contributed by atoms with Crippen LogP contribution in [0.5, 0.6) is 5.75 Å². The second kappa shape index (κ2) is 7.11. The number of alkyl halides is 1. The van der Waals surface area contributed by atoms with Gasteiger partial charge in [0.05, 0.1) is 18.0 Å². The van der Waals surface area contributed by atoms with Crippen molar-refractivity contribution in [3.8, 4) is 5.75 Å². The lowest BCUT2D eigenvalue weighted by molar-refractivity contribution is -0.122. The number of halogens is 1. The van der Waals surface area contributed by atoms with Crippen LogP contribution in [-0.4, -0.2) is 17.8 Å². The highest BCUT2D eigenvalue weighted by Gasteiger charge is 2.32. The number of benzene rings is 1. The topological polar surface area (TPSA) is 38.3 Å². The van der Waals surface area contributed by atoms with Crippen LogP contribution in [0.3, 0.4) is 0 Å². The first-order valence-corrected chi connectivity index (χ1v) is 7.81. The van der Waals surface area contributed by atoms with Gasteiger partial charge in [-0.15, -0.1) is 0 Å². The van der Waals surface area contributed by atoms with Crippen LogP contribution < -0.4 is 10.1 Å². The molecular weight excluding hydrogens is 318 g/mol. The Kier molecular flexibility index (Phi) is 6.06. The summed E-state index contributed by atoms with van der Waals surface area (Å²) >= 11 is 3.52. The molecule has 3 nitrogen and oxygen atoms in total. The summed E-state index contributed by atoms with van der Waals surface area (Å²) in [6, 6.07) is 7.72. The molecule has 112 valence electrons. The minimum Gasteiger partial charge on any atom is -0.497 e. The molecule has 1 N–H and O–H groups in total. The van der Waals surface area contributed by atoms with Gasteiger partial charge in [0.15, 0.2) is 0 Å². The molecule has 2 unspecified atom stereocenters. The molecule has 1 amide bonds. The Morgan fingerprint density at radius 1 is 1.35 bits per heavy atom. The van der Waals surface area contributed by atoms with E-state index in [1.165, 1.54) is 0 Å².